The van der Waals surface area contributed by atoms with E-state index >= 15 is 0 Å². The van der Waals surface area contributed by atoms with Crippen LogP contribution in [0.15, 0.2) is 39.8 Å². The van der Waals surface area contributed by atoms with Crippen LogP contribution in [0.1, 0.15) is 36.3 Å². The van der Waals surface area contributed by atoms with Crippen LogP contribution >= 0.6 is 0 Å². The van der Waals surface area contributed by atoms with Crippen molar-refractivity contribution in [1.82, 2.24) is 5.32 Å². The van der Waals surface area contributed by atoms with Crippen molar-refractivity contribution in [2.45, 2.75) is 26.3 Å². The van der Waals surface area contributed by atoms with E-state index in [1.807, 2.05) is 13.0 Å². The Morgan fingerprint density at radius 3 is 2.75 bits per heavy atom. The summed E-state index contributed by atoms with van der Waals surface area (Å²) in [6.07, 6.45) is 6.37. The highest BCUT2D eigenvalue weighted by atomic mass is 16.3. The Kier molecular flexibility index (Phi) is 3.47. The lowest BCUT2D eigenvalue weighted by Gasteiger charge is -2.14. The summed E-state index contributed by atoms with van der Waals surface area (Å²) in [7, 11) is 0. The van der Waals surface area contributed by atoms with E-state index in [9.17, 15) is 0 Å². The van der Waals surface area contributed by atoms with Crippen LogP contribution in [-0.2, 0) is 0 Å². The van der Waals surface area contributed by atoms with Crippen molar-refractivity contribution in [2.75, 3.05) is 6.54 Å². The first-order valence-corrected chi connectivity index (χ1v) is 5.61. The lowest BCUT2D eigenvalue weighted by atomic mass is 10.0. The number of hydrogen-bond donors (Lipinski definition) is 1. The highest BCUT2D eigenvalue weighted by Crippen LogP contribution is 2.24. The molecule has 1 unspecified atom stereocenters. The minimum Gasteiger partial charge on any atom is -0.472 e. The highest BCUT2D eigenvalue weighted by molar-refractivity contribution is 5.28. The minimum atomic E-state index is 0.163. The molecule has 1 N–H and O–H groups in total. The van der Waals surface area contributed by atoms with Gasteiger partial charge in [-0.25, -0.2) is 0 Å². The third-order valence-electron chi connectivity index (χ3n) is 2.56. The zero-order chi connectivity index (χ0) is 11.4. The summed E-state index contributed by atoms with van der Waals surface area (Å²) in [5.41, 5.74) is 2.28. The van der Waals surface area contributed by atoms with E-state index in [0.717, 1.165) is 29.9 Å². The SMILES string of the molecule is CCCNC(c1ccoc1)c1coc(C)c1. The molecule has 86 valence electrons. The Morgan fingerprint density at radius 2 is 2.19 bits per heavy atom. The van der Waals surface area contributed by atoms with E-state index in [2.05, 4.69) is 18.3 Å². The summed E-state index contributed by atoms with van der Waals surface area (Å²) in [4.78, 5) is 0. The topological polar surface area (TPSA) is 38.3 Å². The Labute approximate surface area is 95.5 Å². The van der Waals surface area contributed by atoms with Gasteiger partial charge in [0.15, 0.2) is 0 Å². The maximum atomic E-state index is 5.35. The van der Waals surface area contributed by atoms with Gasteiger partial charge >= 0.3 is 0 Å². The van der Waals surface area contributed by atoms with Gasteiger partial charge in [-0.3, -0.25) is 0 Å². The predicted molar refractivity (Wildman–Crippen MR) is 62.3 cm³/mol. The van der Waals surface area contributed by atoms with E-state index < -0.39 is 0 Å². The van der Waals surface area contributed by atoms with Crippen molar-refractivity contribution in [1.29, 1.82) is 0 Å². The summed E-state index contributed by atoms with van der Waals surface area (Å²) in [5, 5.41) is 3.48. The van der Waals surface area contributed by atoms with Crippen LogP contribution in [0.2, 0.25) is 0 Å². The Balaban J connectivity index is 2.21. The van der Waals surface area contributed by atoms with Crippen LogP contribution < -0.4 is 5.32 Å². The van der Waals surface area contributed by atoms with Gasteiger partial charge in [-0.05, 0) is 32.0 Å². The van der Waals surface area contributed by atoms with Crippen molar-refractivity contribution < 1.29 is 8.83 Å². The molecule has 0 saturated heterocycles. The van der Waals surface area contributed by atoms with Crippen molar-refractivity contribution >= 4 is 0 Å². The molecule has 2 heterocycles. The third-order valence-corrected chi connectivity index (χ3v) is 2.56. The Bertz CT molecular complexity index is 417. The molecule has 0 saturated carbocycles. The fourth-order valence-corrected chi connectivity index (χ4v) is 1.77. The minimum absolute atomic E-state index is 0.163. The number of aryl methyl sites for hydroxylation is 1. The molecule has 0 aromatic carbocycles. The second-order valence-corrected chi connectivity index (χ2v) is 3.93. The second-order valence-electron chi connectivity index (χ2n) is 3.93. The van der Waals surface area contributed by atoms with E-state index in [0.29, 0.717) is 0 Å². The first-order chi connectivity index (χ1) is 7.81. The van der Waals surface area contributed by atoms with E-state index in [1.54, 1.807) is 18.8 Å². The summed E-state index contributed by atoms with van der Waals surface area (Å²) in [6.45, 7) is 5.08. The van der Waals surface area contributed by atoms with Gasteiger partial charge in [0.2, 0.25) is 0 Å². The first kappa shape index (κ1) is 11.0. The second kappa shape index (κ2) is 5.03. The molecule has 0 aliphatic carbocycles. The number of furan rings is 2. The normalized spacial score (nSPS) is 12.9. The molecule has 0 aliphatic rings. The highest BCUT2D eigenvalue weighted by Gasteiger charge is 2.16. The van der Waals surface area contributed by atoms with Gasteiger partial charge in [0.25, 0.3) is 0 Å². The van der Waals surface area contributed by atoms with Gasteiger partial charge in [0.05, 0.1) is 24.8 Å². The molecule has 3 heteroatoms. The van der Waals surface area contributed by atoms with Gasteiger partial charge in [0, 0.05) is 11.1 Å². The van der Waals surface area contributed by atoms with Crippen molar-refractivity contribution in [3.8, 4) is 0 Å². The van der Waals surface area contributed by atoms with E-state index in [4.69, 9.17) is 8.83 Å². The standard InChI is InChI=1S/C13H17NO2/c1-3-5-14-13(11-4-6-15-8-11)12-7-10(2)16-9-12/h4,6-9,13-14H,3,5H2,1-2H3. The molecular weight excluding hydrogens is 202 g/mol. The molecule has 3 nitrogen and oxygen atoms in total. The molecule has 0 fully saturated rings. The monoisotopic (exact) mass is 219 g/mol. The zero-order valence-corrected chi connectivity index (χ0v) is 9.69. The fourth-order valence-electron chi connectivity index (χ4n) is 1.77. The molecule has 2 aromatic heterocycles. The summed E-state index contributed by atoms with van der Waals surface area (Å²) < 4.78 is 10.5. The molecule has 0 bridgehead atoms. The smallest absolute Gasteiger partial charge is 0.101 e. The number of hydrogen-bond acceptors (Lipinski definition) is 3. The molecule has 0 amide bonds. The van der Waals surface area contributed by atoms with Gasteiger partial charge in [0.1, 0.15) is 5.76 Å². The quantitative estimate of drug-likeness (QED) is 0.838. The third kappa shape index (κ3) is 2.36. The number of rotatable bonds is 5. The molecule has 16 heavy (non-hydrogen) atoms. The Hall–Kier alpha value is -1.48. The summed E-state index contributed by atoms with van der Waals surface area (Å²) >= 11 is 0. The van der Waals surface area contributed by atoms with Crippen LogP contribution in [0, 0.1) is 6.92 Å². The van der Waals surface area contributed by atoms with E-state index in [-0.39, 0.29) is 6.04 Å². The van der Waals surface area contributed by atoms with E-state index in [1.165, 1.54) is 0 Å². The fraction of sp³-hybridized carbons (Fsp3) is 0.385. The van der Waals surface area contributed by atoms with Crippen molar-refractivity contribution in [3.63, 3.8) is 0 Å². The molecular formula is C13H17NO2. The molecule has 2 rings (SSSR count). The lowest BCUT2D eigenvalue weighted by Crippen LogP contribution is -2.22. The maximum absolute atomic E-state index is 5.35. The van der Waals surface area contributed by atoms with Crippen molar-refractivity contribution in [2.24, 2.45) is 0 Å². The summed E-state index contributed by atoms with van der Waals surface area (Å²) in [6, 6.07) is 4.20. The molecule has 1 atom stereocenters. The lowest BCUT2D eigenvalue weighted by molar-refractivity contribution is 0.520. The average molecular weight is 219 g/mol. The van der Waals surface area contributed by atoms with Gasteiger partial charge in [-0.15, -0.1) is 0 Å². The van der Waals surface area contributed by atoms with Gasteiger partial charge in [-0.2, -0.15) is 0 Å². The predicted octanol–water partition coefficient (Wildman–Crippen LogP) is 3.27. The van der Waals surface area contributed by atoms with Crippen molar-refractivity contribution in [3.05, 3.63) is 47.8 Å². The average Bonchev–Trinajstić information content (AvgIpc) is 2.91. The zero-order valence-electron chi connectivity index (χ0n) is 9.69. The van der Waals surface area contributed by atoms with Crippen LogP contribution in [0.5, 0.6) is 0 Å². The van der Waals surface area contributed by atoms with Gasteiger partial charge < -0.3 is 14.2 Å². The van der Waals surface area contributed by atoms with Crippen LogP contribution in [0.25, 0.3) is 0 Å². The largest absolute Gasteiger partial charge is 0.472 e. The molecule has 0 spiro atoms. The van der Waals surface area contributed by atoms with Crippen LogP contribution in [0.4, 0.5) is 0 Å². The first-order valence-electron chi connectivity index (χ1n) is 5.61. The van der Waals surface area contributed by atoms with Gasteiger partial charge in [-0.1, -0.05) is 6.92 Å². The number of nitrogens with one attached hydrogen (secondary N) is 1. The van der Waals surface area contributed by atoms with Crippen LogP contribution in [0.3, 0.4) is 0 Å². The molecule has 0 aliphatic heterocycles. The molecule has 0 radical (unpaired) electrons. The molecule has 2 aromatic rings. The Morgan fingerprint density at radius 1 is 1.31 bits per heavy atom. The summed E-state index contributed by atoms with van der Waals surface area (Å²) in [5.74, 6) is 0.932. The van der Waals surface area contributed by atoms with Crippen LogP contribution in [-0.4, -0.2) is 6.54 Å². The maximum Gasteiger partial charge on any atom is 0.101 e.